The van der Waals surface area contributed by atoms with Crippen molar-refractivity contribution in [3.05, 3.63) is 64.1 Å². The van der Waals surface area contributed by atoms with E-state index in [4.69, 9.17) is 0 Å². The van der Waals surface area contributed by atoms with Gasteiger partial charge in [-0.1, -0.05) is 46.3 Å². The van der Waals surface area contributed by atoms with Gasteiger partial charge in [0, 0.05) is 29.3 Å². The van der Waals surface area contributed by atoms with Crippen molar-refractivity contribution in [1.82, 2.24) is 0 Å². The Kier molecular flexibility index (Phi) is 5.00. The molecule has 0 aromatic heterocycles. The van der Waals surface area contributed by atoms with Gasteiger partial charge in [0.05, 0.1) is 6.61 Å². The summed E-state index contributed by atoms with van der Waals surface area (Å²) in [5, 5.41) is 9.43. The van der Waals surface area contributed by atoms with E-state index < -0.39 is 0 Å². The van der Waals surface area contributed by atoms with E-state index in [1.807, 2.05) is 24.3 Å². The molecule has 19 heavy (non-hydrogen) atoms. The largest absolute Gasteiger partial charge is 0.392 e. The van der Waals surface area contributed by atoms with Crippen LogP contribution in [0, 0.1) is 0 Å². The fraction of sp³-hybridized carbons (Fsp3) is 0.250. The highest BCUT2D eigenvalue weighted by molar-refractivity contribution is 9.10. The smallest absolute Gasteiger partial charge is 0.0702 e. The first kappa shape index (κ1) is 14.1. The van der Waals surface area contributed by atoms with Crippen molar-refractivity contribution in [2.75, 3.05) is 18.5 Å². The number of halogens is 1. The van der Waals surface area contributed by atoms with Gasteiger partial charge in [-0.05, 0) is 30.2 Å². The highest BCUT2D eigenvalue weighted by Gasteiger charge is 2.07. The van der Waals surface area contributed by atoms with Crippen LogP contribution in [0.25, 0.3) is 0 Å². The van der Waals surface area contributed by atoms with E-state index >= 15 is 0 Å². The van der Waals surface area contributed by atoms with Gasteiger partial charge in [-0.15, -0.1) is 0 Å². The van der Waals surface area contributed by atoms with Gasteiger partial charge in [-0.3, -0.25) is 0 Å². The number of aliphatic hydroxyl groups is 1. The summed E-state index contributed by atoms with van der Waals surface area (Å²) in [6.07, 6.45) is 0.998. The van der Waals surface area contributed by atoms with Crippen molar-refractivity contribution in [3.8, 4) is 0 Å². The molecule has 2 nitrogen and oxygen atoms in total. The van der Waals surface area contributed by atoms with Gasteiger partial charge in [0.2, 0.25) is 0 Å². The minimum absolute atomic E-state index is 0.0600. The second-order valence-corrected chi connectivity index (χ2v) is 5.50. The Morgan fingerprint density at radius 2 is 1.84 bits per heavy atom. The van der Waals surface area contributed by atoms with Crippen LogP contribution in [0.15, 0.2) is 53.0 Å². The van der Waals surface area contributed by atoms with Crippen LogP contribution in [0.3, 0.4) is 0 Å². The maximum atomic E-state index is 9.43. The molecule has 1 N–H and O–H groups in total. The SMILES string of the molecule is CN(CCc1ccccc1)c1ccc(Br)cc1CO. The molecule has 0 saturated heterocycles. The molecular formula is C16H18BrNO. The van der Waals surface area contributed by atoms with Crippen molar-refractivity contribution < 1.29 is 5.11 Å². The normalized spacial score (nSPS) is 10.5. The summed E-state index contributed by atoms with van der Waals surface area (Å²) in [6.45, 7) is 0.989. The Bertz CT molecular complexity index is 528. The highest BCUT2D eigenvalue weighted by atomic mass is 79.9. The van der Waals surface area contributed by atoms with E-state index in [9.17, 15) is 5.11 Å². The van der Waals surface area contributed by atoms with Crippen molar-refractivity contribution in [2.24, 2.45) is 0 Å². The maximum Gasteiger partial charge on any atom is 0.0702 e. The van der Waals surface area contributed by atoms with E-state index in [1.54, 1.807) is 0 Å². The van der Waals surface area contributed by atoms with Gasteiger partial charge >= 0.3 is 0 Å². The summed E-state index contributed by atoms with van der Waals surface area (Å²) in [4.78, 5) is 2.19. The quantitative estimate of drug-likeness (QED) is 0.909. The van der Waals surface area contributed by atoms with Crippen molar-refractivity contribution in [3.63, 3.8) is 0 Å². The Labute approximate surface area is 122 Å². The summed E-state index contributed by atoms with van der Waals surface area (Å²) in [5.41, 5.74) is 3.36. The summed E-state index contributed by atoms with van der Waals surface area (Å²) in [7, 11) is 2.06. The molecule has 2 aromatic carbocycles. The molecule has 0 saturated carbocycles. The average Bonchev–Trinajstić information content (AvgIpc) is 2.45. The highest BCUT2D eigenvalue weighted by Crippen LogP contribution is 2.24. The molecule has 100 valence electrons. The minimum Gasteiger partial charge on any atom is -0.392 e. The van der Waals surface area contributed by atoms with E-state index in [1.165, 1.54) is 5.56 Å². The molecule has 0 bridgehead atoms. The van der Waals surface area contributed by atoms with Crippen LogP contribution in [0.4, 0.5) is 5.69 Å². The molecule has 0 heterocycles. The summed E-state index contributed by atoms with van der Waals surface area (Å²) < 4.78 is 0.997. The lowest BCUT2D eigenvalue weighted by atomic mass is 10.1. The number of benzene rings is 2. The first-order chi connectivity index (χ1) is 9.20. The molecule has 3 heteroatoms. The lowest BCUT2D eigenvalue weighted by Crippen LogP contribution is -2.21. The number of rotatable bonds is 5. The molecule has 0 amide bonds. The third kappa shape index (κ3) is 3.82. The van der Waals surface area contributed by atoms with Gasteiger partial charge in [0.25, 0.3) is 0 Å². The van der Waals surface area contributed by atoms with Crippen LogP contribution >= 0.6 is 15.9 Å². The van der Waals surface area contributed by atoms with Gasteiger partial charge in [0.15, 0.2) is 0 Å². The van der Waals surface area contributed by atoms with Gasteiger partial charge in [-0.2, -0.15) is 0 Å². The second kappa shape index (κ2) is 6.73. The molecular weight excluding hydrogens is 302 g/mol. The molecule has 0 aliphatic heterocycles. The molecule has 0 spiro atoms. The molecule has 0 fully saturated rings. The predicted molar refractivity (Wildman–Crippen MR) is 83.5 cm³/mol. The maximum absolute atomic E-state index is 9.43. The second-order valence-electron chi connectivity index (χ2n) is 4.59. The number of anilines is 1. The minimum atomic E-state index is 0.0600. The Balaban J connectivity index is 2.05. The number of likely N-dealkylation sites (N-methyl/N-ethyl adjacent to an activating group) is 1. The van der Waals surface area contributed by atoms with Crippen molar-refractivity contribution in [2.45, 2.75) is 13.0 Å². The van der Waals surface area contributed by atoms with Crippen LogP contribution in [0.5, 0.6) is 0 Å². The third-order valence-electron chi connectivity index (χ3n) is 3.20. The zero-order chi connectivity index (χ0) is 13.7. The average molecular weight is 320 g/mol. The van der Waals surface area contributed by atoms with Crippen molar-refractivity contribution >= 4 is 21.6 Å². The first-order valence-corrected chi connectivity index (χ1v) is 7.14. The molecule has 0 aliphatic carbocycles. The Hall–Kier alpha value is -1.32. The Morgan fingerprint density at radius 3 is 2.53 bits per heavy atom. The molecule has 0 atom stereocenters. The molecule has 0 unspecified atom stereocenters. The molecule has 2 rings (SSSR count). The third-order valence-corrected chi connectivity index (χ3v) is 3.70. The van der Waals surface area contributed by atoms with Crippen LogP contribution in [0.1, 0.15) is 11.1 Å². The van der Waals surface area contributed by atoms with E-state index in [-0.39, 0.29) is 6.61 Å². The summed E-state index contributed by atoms with van der Waals surface area (Å²) in [6, 6.07) is 16.5. The number of aliphatic hydroxyl groups excluding tert-OH is 1. The standard InChI is InChI=1S/C16H18BrNO/c1-18(10-9-13-5-3-2-4-6-13)16-8-7-15(17)11-14(16)12-19/h2-8,11,19H,9-10,12H2,1H3. The topological polar surface area (TPSA) is 23.5 Å². The zero-order valence-corrected chi connectivity index (χ0v) is 12.6. The van der Waals surface area contributed by atoms with Gasteiger partial charge in [-0.25, -0.2) is 0 Å². The summed E-state index contributed by atoms with van der Waals surface area (Å²) >= 11 is 3.43. The Morgan fingerprint density at radius 1 is 1.11 bits per heavy atom. The number of hydrogen-bond acceptors (Lipinski definition) is 2. The van der Waals surface area contributed by atoms with Crippen LogP contribution in [0.2, 0.25) is 0 Å². The number of nitrogens with zero attached hydrogens (tertiary/aromatic N) is 1. The van der Waals surface area contributed by atoms with Gasteiger partial charge in [0.1, 0.15) is 0 Å². The molecule has 0 aliphatic rings. The van der Waals surface area contributed by atoms with Crippen LogP contribution in [-0.4, -0.2) is 18.7 Å². The number of hydrogen-bond donors (Lipinski definition) is 1. The molecule has 2 aromatic rings. The predicted octanol–water partition coefficient (Wildman–Crippen LogP) is 3.62. The summed E-state index contributed by atoms with van der Waals surface area (Å²) in [5.74, 6) is 0. The molecule has 0 radical (unpaired) electrons. The van der Waals surface area contributed by atoms with Gasteiger partial charge < -0.3 is 10.0 Å². The lowest BCUT2D eigenvalue weighted by Gasteiger charge is -2.22. The zero-order valence-electron chi connectivity index (χ0n) is 11.0. The van der Waals surface area contributed by atoms with E-state index in [0.717, 1.165) is 28.7 Å². The monoisotopic (exact) mass is 319 g/mol. The fourth-order valence-electron chi connectivity index (χ4n) is 2.12. The fourth-order valence-corrected chi connectivity index (χ4v) is 2.52. The van der Waals surface area contributed by atoms with Crippen LogP contribution in [-0.2, 0) is 13.0 Å². The van der Waals surface area contributed by atoms with E-state index in [0.29, 0.717) is 0 Å². The van der Waals surface area contributed by atoms with Crippen LogP contribution < -0.4 is 4.90 Å². The lowest BCUT2D eigenvalue weighted by molar-refractivity contribution is 0.282. The van der Waals surface area contributed by atoms with Crippen molar-refractivity contribution in [1.29, 1.82) is 0 Å². The van der Waals surface area contributed by atoms with E-state index in [2.05, 4.69) is 52.1 Å². The first-order valence-electron chi connectivity index (χ1n) is 6.35.